The van der Waals surface area contributed by atoms with Gasteiger partial charge >= 0.3 is 17.9 Å². The zero-order valence-corrected chi connectivity index (χ0v) is 16.0. The second-order valence-corrected chi connectivity index (χ2v) is 6.38. The SMILES string of the molecule is CC(=O)OCC1OC(n2nnc3c(Cl)nccc32)C(OC(C)=O)C1OC(C)=O. The highest BCUT2D eigenvalue weighted by Gasteiger charge is 2.51. The number of hydrogen-bond donors (Lipinski definition) is 0. The van der Waals surface area contributed by atoms with Crippen molar-refractivity contribution in [1.29, 1.82) is 0 Å². The molecule has 1 aliphatic rings. The van der Waals surface area contributed by atoms with Crippen molar-refractivity contribution >= 4 is 40.5 Å². The molecular weight excluding hydrogens is 396 g/mol. The molecule has 12 heteroatoms. The minimum Gasteiger partial charge on any atom is -0.463 e. The van der Waals surface area contributed by atoms with Crippen molar-refractivity contribution in [3.63, 3.8) is 0 Å². The first kappa shape index (κ1) is 20.0. The van der Waals surface area contributed by atoms with Gasteiger partial charge in [-0.1, -0.05) is 16.8 Å². The van der Waals surface area contributed by atoms with E-state index in [2.05, 4.69) is 15.3 Å². The predicted molar refractivity (Wildman–Crippen MR) is 92.0 cm³/mol. The average Bonchev–Trinajstić information content (AvgIpc) is 3.16. The summed E-state index contributed by atoms with van der Waals surface area (Å²) in [6.45, 7) is 3.44. The first-order valence-corrected chi connectivity index (χ1v) is 8.64. The first-order valence-electron chi connectivity index (χ1n) is 8.26. The molecule has 0 radical (unpaired) electrons. The Morgan fingerprint density at radius 3 is 2.46 bits per heavy atom. The van der Waals surface area contributed by atoms with Crippen molar-refractivity contribution in [2.75, 3.05) is 6.61 Å². The van der Waals surface area contributed by atoms with Gasteiger partial charge in [0.2, 0.25) is 0 Å². The van der Waals surface area contributed by atoms with Crippen LogP contribution in [-0.4, -0.2) is 62.8 Å². The molecule has 28 heavy (non-hydrogen) atoms. The molecule has 0 saturated carbocycles. The van der Waals surface area contributed by atoms with E-state index in [4.69, 9.17) is 30.5 Å². The van der Waals surface area contributed by atoms with E-state index >= 15 is 0 Å². The molecule has 4 atom stereocenters. The van der Waals surface area contributed by atoms with Crippen molar-refractivity contribution < 1.29 is 33.3 Å². The molecule has 1 aliphatic heterocycles. The molecule has 3 rings (SSSR count). The fraction of sp³-hybridized carbons (Fsp3) is 0.500. The fourth-order valence-electron chi connectivity index (χ4n) is 2.92. The molecule has 0 N–H and O–H groups in total. The van der Waals surface area contributed by atoms with Crippen molar-refractivity contribution in [2.24, 2.45) is 0 Å². The summed E-state index contributed by atoms with van der Waals surface area (Å²) < 4.78 is 22.9. The molecule has 0 aromatic carbocycles. The quantitative estimate of drug-likeness (QED) is 0.394. The highest BCUT2D eigenvalue weighted by Crippen LogP contribution is 2.36. The number of halogens is 1. The smallest absolute Gasteiger partial charge is 0.303 e. The lowest BCUT2D eigenvalue weighted by atomic mass is 10.1. The number of aromatic nitrogens is 4. The minimum absolute atomic E-state index is 0.138. The largest absolute Gasteiger partial charge is 0.463 e. The molecule has 0 spiro atoms. The Kier molecular flexibility index (Phi) is 5.75. The van der Waals surface area contributed by atoms with Crippen LogP contribution in [0.4, 0.5) is 0 Å². The van der Waals surface area contributed by atoms with Gasteiger partial charge in [0.1, 0.15) is 12.7 Å². The number of pyridine rings is 1. The van der Waals surface area contributed by atoms with E-state index in [1.54, 1.807) is 6.07 Å². The van der Waals surface area contributed by atoms with Crippen LogP contribution in [0.5, 0.6) is 0 Å². The first-order chi connectivity index (χ1) is 13.3. The third kappa shape index (κ3) is 4.04. The topological polar surface area (TPSA) is 132 Å². The molecule has 2 aromatic rings. The highest BCUT2D eigenvalue weighted by molar-refractivity contribution is 6.33. The summed E-state index contributed by atoms with van der Waals surface area (Å²) in [5.41, 5.74) is 0.790. The summed E-state index contributed by atoms with van der Waals surface area (Å²) in [6.07, 6.45) is -2.52. The molecule has 0 bridgehead atoms. The molecule has 0 amide bonds. The third-order valence-electron chi connectivity index (χ3n) is 3.93. The van der Waals surface area contributed by atoms with Crippen molar-refractivity contribution in [2.45, 2.75) is 45.3 Å². The van der Waals surface area contributed by atoms with Crippen LogP contribution in [0.1, 0.15) is 27.0 Å². The van der Waals surface area contributed by atoms with Gasteiger partial charge in [-0.25, -0.2) is 9.67 Å². The summed E-state index contributed by atoms with van der Waals surface area (Å²) in [4.78, 5) is 38.4. The number of nitrogens with zero attached hydrogens (tertiary/aromatic N) is 4. The molecule has 4 unspecified atom stereocenters. The fourth-order valence-corrected chi connectivity index (χ4v) is 3.11. The van der Waals surface area contributed by atoms with E-state index in [0.717, 1.165) is 0 Å². The van der Waals surface area contributed by atoms with Crippen LogP contribution in [0, 0.1) is 0 Å². The van der Waals surface area contributed by atoms with E-state index in [-0.39, 0.29) is 11.8 Å². The lowest BCUT2D eigenvalue weighted by Gasteiger charge is -2.23. The molecule has 11 nitrogen and oxygen atoms in total. The van der Waals surface area contributed by atoms with E-state index in [1.807, 2.05) is 0 Å². The van der Waals surface area contributed by atoms with Crippen LogP contribution in [0.3, 0.4) is 0 Å². The zero-order chi connectivity index (χ0) is 20.4. The molecule has 1 saturated heterocycles. The minimum atomic E-state index is -1.06. The van der Waals surface area contributed by atoms with Gasteiger partial charge < -0.3 is 18.9 Å². The molecule has 3 heterocycles. The molecule has 150 valence electrons. The van der Waals surface area contributed by atoms with Crippen molar-refractivity contribution in [3.8, 4) is 0 Å². The van der Waals surface area contributed by atoms with E-state index in [1.165, 1.54) is 31.6 Å². The summed E-state index contributed by atoms with van der Waals surface area (Å²) in [7, 11) is 0. The van der Waals surface area contributed by atoms with E-state index < -0.39 is 42.4 Å². The Morgan fingerprint density at radius 1 is 1.14 bits per heavy atom. The molecule has 2 aromatic heterocycles. The van der Waals surface area contributed by atoms with Gasteiger partial charge in [0.05, 0.1) is 5.52 Å². The van der Waals surface area contributed by atoms with Gasteiger partial charge in [0, 0.05) is 27.0 Å². The van der Waals surface area contributed by atoms with Crippen LogP contribution in [-0.2, 0) is 33.3 Å². The standard InChI is InChI=1S/C16H17ClN4O7/c1-7(22)25-6-11-13(26-8(2)23)14(27-9(3)24)16(28-11)21-10-4-5-18-15(17)12(10)19-20-21/h4-5,11,13-14,16H,6H2,1-3H3. The summed E-state index contributed by atoms with van der Waals surface area (Å²) >= 11 is 6.03. The second kappa shape index (κ2) is 8.07. The number of hydrogen-bond acceptors (Lipinski definition) is 10. The summed E-state index contributed by atoms with van der Waals surface area (Å²) in [5.74, 6) is -1.77. The van der Waals surface area contributed by atoms with Gasteiger partial charge in [-0.2, -0.15) is 0 Å². The predicted octanol–water partition coefficient (Wildman–Crippen LogP) is 0.804. The Balaban J connectivity index is 2.01. The number of fused-ring (bicyclic) bond motifs is 1. The van der Waals surface area contributed by atoms with Gasteiger partial charge in [-0.3, -0.25) is 14.4 Å². The maximum absolute atomic E-state index is 11.7. The van der Waals surface area contributed by atoms with Gasteiger partial charge in [-0.05, 0) is 6.07 Å². The van der Waals surface area contributed by atoms with Crippen LogP contribution in [0.2, 0.25) is 5.15 Å². The lowest BCUT2D eigenvalue weighted by Crippen LogP contribution is -2.40. The summed E-state index contributed by atoms with van der Waals surface area (Å²) in [6, 6.07) is 1.61. The number of carbonyl (C=O) groups is 3. The Hall–Kier alpha value is -2.79. The number of carbonyl (C=O) groups excluding carboxylic acids is 3. The van der Waals surface area contributed by atoms with Gasteiger partial charge in [0.25, 0.3) is 0 Å². The third-order valence-corrected chi connectivity index (χ3v) is 4.20. The number of esters is 3. The van der Waals surface area contributed by atoms with E-state index in [9.17, 15) is 14.4 Å². The number of rotatable bonds is 5. The average molecular weight is 413 g/mol. The Morgan fingerprint density at radius 2 is 1.82 bits per heavy atom. The van der Waals surface area contributed by atoms with Crippen LogP contribution in [0.15, 0.2) is 12.3 Å². The maximum Gasteiger partial charge on any atom is 0.303 e. The van der Waals surface area contributed by atoms with Crippen LogP contribution < -0.4 is 0 Å². The van der Waals surface area contributed by atoms with Gasteiger partial charge in [-0.15, -0.1) is 5.10 Å². The summed E-state index contributed by atoms with van der Waals surface area (Å²) in [5, 5.41) is 8.12. The molecule has 0 aliphatic carbocycles. The lowest BCUT2D eigenvalue weighted by molar-refractivity contribution is -0.166. The monoisotopic (exact) mass is 412 g/mol. The Labute approximate surface area is 163 Å². The number of ether oxygens (including phenoxy) is 4. The second-order valence-electron chi connectivity index (χ2n) is 6.02. The highest BCUT2D eigenvalue weighted by atomic mass is 35.5. The molecular formula is C16H17ClN4O7. The zero-order valence-electron chi connectivity index (χ0n) is 15.2. The molecule has 1 fully saturated rings. The van der Waals surface area contributed by atoms with Crippen LogP contribution >= 0.6 is 11.6 Å². The van der Waals surface area contributed by atoms with Crippen LogP contribution in [0.25, 0.3) is 11.0 Å². The normalized spacial score (nSPS) is 24.1. The van der Waals surface area contributed by atoms with Gasteiger partial charge in [0.15, 0.2) is 29.1 Å². The van der Waals surface area contributed by atoms with E-state index in [0.29, 0.717) is 11.0 Å². The Bertz CT molecular complexity index is 918. The van der Waals surface area contributed by atoms with Crippen molar-refractivity contribution in [3.05, 3.63) is 17.4 Å². The maximum atomic E-state index is 11.7. The van der Waals surface area contributed by atoms with Crippen molar-refractivity contribution in [1.82, 2.24) is 20.0 Å².